The van der Waals surface area contributed by atoms with E-state index in [4.69, 9.17) is 5.11 Å². The number of hydrogen-bond acceptors (Lipinski definition) is 3. The van der Waals surface area contributed by atoms with Crippen molar-refractivity contribution in [3.63, 3.8) is 0 Å². The maximum atomic E-state index is 11.8. The van der Waals surface area contributed by atoms with Crippen molar-refractivity contribution in [1.29, 1.82) is 0 Å². The van der Waals surface area contributed by atoms with Crippen molar-refractivity contribution in [3.05, 3.63) is 29.8 Å². The molecule has 18 heavy (non-hydrogen) atoms. The van der Waals surface area contributed by atoms with E-state index in [1.165, 1.54) is 0 Å². The van der Waals surface area contributed by atoms with Crippen molar-refractivity contribution in [2.45, 2.75) is 19.4 Å². The molecule has 5 nitrogen and oxygen atoms in total. The fourth-order valence-corrected chi connectivity index (χ4v) is 1.90. The van der Waals surface area contributed by atoms with Gasteiger partial charge in [-0.2, -0.15) is 0 Å². The number of phenolic OH excluding ortho intramolecular Hbond substituents is 1. The second-order valence-electron chi connectivity index (χ2n) is 4.42. The third-order valence-corrected chi connectivity index (χ3v) is 3.04. The van der Waals surface area contributed by atoms with E-state index < -0.39 is 0 Å². The topological polar surface area (TPSA) is 78.4 Å². The van der Waals surface area contributed by atoms with Crippen LogP contribution in [0.4, 0.5) is 0 Å². The highest BCUT2D eigenvalue weighted by Crippen LogP contribution is 2.12. The summed E-state index contributed by atoms with van der Waals surface area (Å²) in [4.78, 5) is 22.8. The molecule has 1 atom stereocenters. The second-order valence-corrected chi connectivity index (χ2v) is 4.42. The molecule has 0 aliphatic carbocycles. The highest BCUT2D eigenvalue weighted by atomic mass is 16.3. The zero-order chi connectivity index (χ0) is 13.0. The summed E-state index contributed by atoms with van der Waals surface area (Å²) in [6.45, 7) is 0.851. The fraction of sp³-hybridized carbons (Fsp3) is 0.385. The van der Waals surface area contributed by atoms with E-state index in [9.17, 15) is 9.59 Å². The zero-order valence-corrected chi connectivity index (χ0v) is 9.98. The molecular formula is C13H16N2O3. The molecule has 0 aromatic heterocycles. The number of rotatable bonds is 3. The summed E-state index contributed by atoms with van der Waals surface area (Å²) in [5.74, 6) is 0.0422. The Kier molecular flexibility index (Phi) is 3.82. The number of piperidine rings is 1. The van der Waals surface area contributed by atoms with Gasteiger partial charge < -0.3 is 15.7 Å². The van der Waals surface area contributed by atoms with Crippen LogP contribution in [0.5, 0.6) is 5.75 Å². The van der Waals surface area contributed by atoms with Crippen LogP contribution in [0, 0.1) is 5.92 Å². The summed E-state index contributed by atoms with van der Waals surface area (Å²) in [5.41, 5.74) is 0.931. The summed E-state index contributed by atoms with van der Waals surface area (Å²) >= 11 is 0. The smallest absolute Gasteiger partial charge is 0.225 e. The number of hydrogen-bond donors (Lipinski definition) is 3. The van der Waals surface area contributed by atoms with Crippen LogP contribution in [0.15, 0.2) is 24.3 Å². The van der Waals surface area contributed by atoms with Gasteiger partial charge in [-0.25, -0.2) is 0 Å². The molecule has 0 saturated carbocycles. The van der Waals surface area contributed by atoms with Crippen LogP contribution in [0.1, 0.15) is 18.4 Å². The lowest BCUT2D eigenvalue weighted by Gasteiger charge is -2.21. The first-order chi connectivity index (χ1) is 8.65. The predicted molar refractivity (Wildman–Crippen MR) is 65.7 cm³/mol. The third kappa shape index (κ3) is 3.23. The highest BCUT2D eigenvalue weighted by molar-refractivity contribution is 5.83. The van der Waals surface area contributed by atoms with E-state index in [-0.39, 0.29) is 23.5 Å². The van der Waals surface area contributed by atoms with E-state index in [0.717, 1.165) is 5.56 Å². The van der Waals surface area contributed by atoms with Gasteiger partial charge in [-0.3, -0.25) is 9.59 Å². The average molecular weight is 248 g/mol. The quantitative estimate of drug-likeness (QED) is 0.730. The maximum Gasteiger partial charge on any atom is 0.225 e. The molecule has 0 radical (unpaired) electrons. The van der Waals surface area contributed by atoms with Gasteiger partial charge in [0.15, 0.2) is 0 Å². The minimum absolute atomic E-state index is 0.0117. The van der Waals surface area contributed by atoms with Gasteiger partial charge in [0.05, 0.1) is 5.92 Å². The minimum Gasteiger partial charge on any atom is -0.508 e. The Balaban J connectivity index is 1.81. The van der Waals surface area contributed by atoms with Crippen molar-refractivity contribution in [2.75, 3.05) is 6.54 Å². The van der Waals surface area contributed by atoms with Crippen molar-refractivity contribution in [1.82, 2.24) is 10.6 Å². The molecule has 3 N–H and O–H groups in total. The molecule has 1 heterocycles. The van der Waals surface area contributed by atoms with Crippen LogP contribution in [0.3, 0.4) is 0 Å². The molecule has 2 amide bonds. The van der Waals surface area contributed by atoms with E-state index in [2.05, 4.69) is 10.6 Å². The maximum absolute atomic E-state index is 11.8. The van der Waals surface area contributed by atoms with Crippen molar-refractivity contribution >= 4 is 11.8 Å². The highest BCUT2D eigenvalue weighted by Gasteiger charge is 2.23. The Morgan fingerprint density at radius 3 is 2.72 bits per heavy atom. The van der Waals surface area contributed by atoms with Crippen LogP contribution in [0.2, 0.25) is 0 Å². The molecule has 1 aromatic rings. The normalized spacial score (nSPS) is 19.1. The SMILES string of the molecule is O=C1CCC(C(=O)NCc2ccc(O)cc2)CN1. The molecule has 1 fully saturated rings. The largest absolute Gasteiger partial charge is 0.508 e. The molecule has 0 bridgehead atoms. The molecule has 0 spiro atoms. The van der Waals surface area contributed by atoms with Gasteiger partial charge in [0.1, 0.15) is 5.75 Å². The molecule has 1 unspecified atom stereocenters. The summed E-state index contributed by atoms with van der Waals surface area (Å²) < 4.78 is 0. The van der Waals surface area contributed by atoms with E-state index >= 15 is 0 Å². The Bertz CT molecular complexity index is 432. The number of carbonyl (C=O) groups excluding carboxylic acids is 2. The van der Waals surface area contributed by atoms with Crippen molar-refractivity contribution in [3.8, 4) is 5.75 Å². The molecule has 96 valence electrons. The van der Waals surface area contributed by atoms with Crippen molar-refractivity contribution in [2.24, 2.45) is 5.92 Å². The van der Waals surface area contributed by atoms with E-state index in [1.807, 2.05) is 0 Å². The summed E-state index contributed by atoms with van der Waals surface area (Å²) in [6.07, 6.45) is 1.02. The molecule has 2 rings (SSSR count). The van der Waals surface area contributed by atoms with Crippen LogP contribution in [-0.4, -0.2) is 23.5 Å². The van der Waals surface area contributed by atoms with Crippen LogP contribution in [0.25, 0.3) is 0 Å². The number of aromatic hydroxyl groups is 1. The lowest BCUT2D eigenvalue weighted by atomic mass is 9.98. The van der Waals surface area contributed by atoms with Crippen LogP contribution < -0.4 is 10.6 Å². The van der Waals surface area contributed by atoms with Gasteiger partial charge >= 0.3 is 0 Å². The second kappa shape index (κ2) is 5.53. The zero-order valence-electron chi connectivity index (χ0n) is 9.98. The Morgan fingerprint density at radius 1 is 1.39 bits per heavy atom. The molecule has 5 heteroatoms. The Morgan fingerprint density at radius 2 is 2.11 bits per heavy atom. The summed E-state index contributed by atoms with van der Waals surface area (Å²) in [6, 6.07) is 6.70. The first-order valence-corrected chi connectivity index (χ1v) is 5.97. The lowest BCUT2D eigenvalue weighted by Crippen LogP contribution is -2.42. The number of phenols is 1. The van der Waals surface area contributed by atoms with Gasteiger partial charge in [-0.05, 0) is 24.1 Å². The van der Waals surface area contributed by atoms with Gasteiger partial charge in [0.25, 0.3) is 0 Å². The molecule has 1 saturated heterocycles. The summed E-state index contributed by atoms with van der Waals surface area (Å²) in [7, 11) is 0. The van der Waals surface area contributed by atoms with E-state index in [0.29, 0.717) is 25.9 Å². The monoisotopic (exact) mass is 248 g/mol. The molecular weight excluding hydrogens is 232 g/mol. The van der Waals surface area contributed by atoms with E-state index in [1.54, 1.807) is 24.3 Å². The molecule has 1 aromatic carbocycles. The predicted octanol–water partition coefficient (Wildman–Crippen LogP) is 0.535. The van der Waals surface area contributed by atoms with Gasteiger partial charge in [-0.1, -0.05) is 12.1 Å². The number of carbonyl (C=O) groups is 2. The van der Waals surface area contributed by atoms with Crippen LogP contribution >= 0.6 is 0 Å². The molecule has 1 aliphatic rings. The van der Waals surface area contributed by atoms with Crippen molar-refractivity contribution < 1.29 is 14.7 Å². The Labute approximate surface area is 105 Å². The van der Waals surface area contributed by atoms with Gasteiger partial charge in [0, 0.05) is 19.5 Å². The first kappa shape index (κ1) is 12.4. The third-order valence-electron chi connectivity index (χ3n) is 3.04. The van der Waals surface area contributed by atoms with Gasteiger partial charge in [0.2, 0.25) is 11.8 Å². The minimum atomic E-state index is -0.139. The Hall–Kier alpha value is -2.04. The lowest BCUT2D eigenvalue weighted by molar-refractivity contribution is -0.129. The van der Waals surface area contributed by atoms with Gasteiger partial charge in [-0.15, -0.1) is 0 Å². The average Bonchev–Trinajstić information content (AvgIpc) is 2.38. The molecule has 1 aliphatic heterocycles. The van der Waals surface area contributed by atoms with Crippen LogP contribution in [-0.2, 0) is 16.1 Å². The fourth-order valence-electron chi connectivity index (χ4n) is 1.90. The summed E-state index contributed by atoms with van der Waals surface area (Å²) in [5, 5.41) is 14.7. The number of benzene rings is 1. The number of nitrogens with one attached hydrogen (secondary N) is 2. The first-order valence-electron chi connectivity index (χ1n) is 5.97. The number of amides is 2. The standard InChI is InChI=1S/C13H16N2O3/c16-11-4-1-9(2-5-11)7-15-13(18)10-3-6-12(17)14-8-10/h1-2,4-5,10,16H,3,6-8H2,(H,14,17)(H,15,18).